The highest BCUT2D eigenvalue weighted by molar-refractivity contribution is 7.98. The summed E-state index contributed by atoms with van der Waals surface area (Å²) < 4.78 is 5.28. The normalized spacial score (nSPS) is 10.4. The SMILES string of the molecule is CSc1ccc(C(=O)OCc2nc(N)nc(Nc3ccc(C)cc3)n2)cc1. The number of benzene rings is 2. The molecule has 0 aliphatic carbocycles. The van der Waals surface area contributed by atoms with E-state index in [1.165, 1.54) is 0 Å². The minimum absolute atomic E-state index is 0.0509. The van der Waals surface area contributed by atoms with Gasteiger partial charge in [0.25, 0.3) is 0 Å². The molecule has 0 bridgehead atoms. The van der Waals surface area contributed by atoms with E-state index in [0.29, 0.717) is 11.5 Å². The Hall–Kier alpha value is -3.13. The number of nitrogen functional groups attached to an aromatic ring is 1. The van der Waals surface area contributed by atoms with Crippen LogP contribution >= 0.6 is 11.8 Å². The van der Waals surface area contributed by atoms with Crippen molar-refractivity contribution in [3.8, 4) is 0 Å². The fraction of sp³-hybridized carbons (Fsp3) is 0.158. The molecule has 3 aromatic rings. The minimum atomic E-state index is -0.449. The predicted molar refractivity (Wildman–Crippen MR) is 106 cm³/mol. The first-order chi connectivity index (χ1) is 13.0. The van der Waals surface area contributed by atoms with Crippen LogP contribution in [0, 0.1) is 6.92 Å². The second-order valence-electron chi connectivity index (χ2n) is 5.73. The number of rotatable bonds is 6. The molecular weight excluding hydrogens is 362 g/mol. The van der Waals surface area contributed by atoms with E-state index in [2.05, 4.69) is 20.3 Å². The number of nitrogens with one attached hydrogen (secondary N) is 1. The first kappa shape index (κ1) is 18.7. The average Bonchev–Trinajstić information content (AvgIpc) is 2.67. The molecule has 27 heavy (non-hydrogen) atoms. The molecule has 8 heteroatoms. The van der Waals surface area contributed by atoms with E-state index in [0.717, 1.165) is 16.1 Å². The Balaban J connectivity index is 1.66. The molecule has 2 aromatic carbocycles. The molecule has 0 amide bonds. The zero-order chi connectivity index (χ0) is 19.2. The van der Waals surface area contributed by atoms with Gasteiger partial charge in [-0.15, -0.1) is 11.8 Å². The highest BCUT2D eigenvalue weighted by Crippen LogP contribution is 2.17. The fourth-order valence-electron chi connectivity index (χ4n) is 2.26. The first-order valence-electron chi connectivity index (χ1n) is 8.19. The molecule has 3 N–H and O–H groups in total. The molecule has 1 aromatic heterocycles. The van der Waals surface area contributed by atoms with Gasteiger partial charge in [-0.1, -0.05) is 17.7 Å². The number of carbonyl (C=O) groups excluding carboxylic acids is 1. The molecule has 0 aliphatic heterocycles. The Kier molecular flexibility index (Phi) is 5.87. The van der Waals surface area contributed by atoms with Crippen molar-refractivity contribution in [2.24, 2.45) is 0 Å². The smallest absolute Gasteiger partial charge is 0.338 e. The van der Waals surface area contributed by atoms with E-state index in [9.17, 15) is 4.79 Å². The number of esters is 1. The zero-order valence-electron chi connectivity index (χ0n) is 15.0. The van der Waals surface area contributed by atoms with Crippen LogP contribution < -0.4 is 11.1 Å². The number of ether oxygens (including phenoxy) is 1. The number of carbonyl (C=O) groups is 1. The average molecular weight is 381 g/mol. The van der Waals surface area contributed by atoms with Gasteiger partial charge < -0.3 is 15.8 Å². The molecule has 0 fully saturated rings. The van der Waals surface area contributed by atoms with Crippen molar-refractivity contribution in [2.45, 2.75) is 18.4 Å². The maximum atomic E-state index is 12.2. The second-order valence-corrected chi connectivity index (χ2v) is 6.61. The van der Waals surface area contributed by atoms with Gasteiger partial charge in [0.1, 0.15) is 0 Å². The summed E-state index contributed by atoms with van der Waals surface area (Å²) in [6.45, 7) is 1.91. The van der Waals surface area contributed by atoms with E-state index in [-0.39, 0.29) is 18.4 Å². The third kappa shape index (κ3) is 5.18. The van der Waals surface area contributed by atoms with Crippen LogP contribution in [0.2, 0.25) is 0 Å². The molecule has 1 heterocycles. The van der Waals surface area contributed by atoms with Crippen molar-refractivity contribution >= 4 is 35.3 Å². The van der Waals surface area contributed by atoms with Crippen LogP contribution in [0.4, 0.5) is 17.6 Å². The number of aryl methyl sites for hydroxylation is 1. The summed E-state index contributed by atoms with van der Waals surface area (Å²) >= 11 is 1.60. The molecule has 0 radical (unpaired) electrons. The molecule has 0 unspecified atom stereocenters. The van der Waals surface area contributed by atoms with Crippen molar-refractivity contribution in [1.82, 2.24) is 15.0 Å². The summed E-state index contributed by atoms with van der Waals surface area (Å²) in [5.41, 5.74) is 8.18. The highest BCUT2D eigenvalue weighted by atomic mass is 32.2. The Morgan fingerprint density at radius 3 is 2.44 bits per heavy atom. The van der Waals surface area contributed by atoms with Crippen LogP contribution in [0.15, 0.2) is 53.4 Å². The van der Waals surface area contributed by atoms with Gasteiger partial charge >= 0.3 is 5.97 Å². The maximum absolute atomic E-state index is 12.2. The van der Waals surface area contributed by atoms with Crippen LogP contribution in [0.3, 0.4) is 0 Å². The zero-order valence-corrected chi connectivity index (χ0v) is 15.8. The number of nitrogens with two attached hydrogens (primary N) is 1. The van der Waals surface area contributed by atoms with Gasteiger partial charge in [0.15, 0.2) is 12.4 Å². The number of hydrogen-bond acceptors (Lipinski definition) is 8. The van der Waals surface area contributed by atoms with Gasteiger partial charge in [0.2, 0.25) is 11.9 Å². The van der Waals surface area contributed by atoms with Crippen molar-refractivity contribution in [3.63, 3.8) is 0 Å². The molecular formula is C19H19N5O2S. The summed E-state index contributed by atoms with van der Waals surface area (Å²) in [5.74, 6) is 0.164. The lowest BCUT2D eigenvalue weighted by Gasteiger charge is -2.08. The van der Waals surface area contributed by atoms with Crippen LogP contribution in [0.5, 0.6) is 0 Å². The van der Waals surface area contributed by atoms with Gasteiger partial charge in [-0.2, -0.15) is 15.0 Å². The Bertz CT molecular complexity index is 930. The highest BCUT2D eigenvalue weighted by Gasteiger charge is 2.11. The van der Waals surface area contributed by atoms with E-state index in [1.54, 1.807) is 23.9 Å². The minimum Gasteiger partial charge on any atom is -0.454 e. The lowest BCUT2D eigenvalue weighted by atomic mass is 10.2. The monoisotopic (exact) mass is 381 g/mol. The topological polar surface area (TPSA) is 103 Å². The lowest BCUT2D eigenvalue weighted by Crippen LogP contribution is -2.11. The van der Waals surface area contributed by atoms with Gasteiger partial charge in [-0.05, 0) is 49.6 Å². The Morgan fingerprint density at radius 2 is 1.78 bits per heavy atom. The van der Waals surface area contributed by atoms with Crippen molar-refractivity contribution < 1.29 is 9.53 Å². The third-order valence-electron chi connectivity index (χ3n) is 3.66. The summed E-state index contributed by atoms with van der Waals surface area (Å²) in [6, 6.07) is 14.9. The number of anilines is 3. The Labute approximate surface area is 161 Å². The van der Waals surface area contributed by atoms with Gasteiger partial charge in [-0.25, -0.2) is 4.79 Å². The molecule has 3 rings (SSSR count). The number of thioether (sulfide) groups is 1. The molecule has 7 nitrogen and oxygen atoms in total. The summed E-state index contributed by atoms with van der Waals surface area (Å²) in [6.07, 6.45) is 1.97. The Morgan fingerprint density at radius 1 is 1.07 bits per heavy atom. The lowest BCUT2D eigenvalue weighted by molar-refractivity contribution is 0.0462. The van der Waals surface area contributed by atoms with E-state index < -0.39 is 5.97 Å². The first-order valence-corrected chi connectivity index (χ1v) is 9.41. The molecule has 0 saturated carbocycles. The van der Waals surface area contributed by atoms with Gasteiger partial charge in [0.05, 0.1) is 5.56 Å². The largest absolute Gasteiger partial charge is 0.454 e. The molecule has 0 spiro atoms. The standard InChI is InChI=1S/C19H19N5O2S/c1-12-3-7-14(8-4-12)21-19-23-16(22-18(20)24-19)11-26-17(25)13-5-9-15(27-2)10-6-13/h3-10H,11H2,1-2H3,(H3,20,21,22,23,24). The van der Waals surface area contributed by atoms with E-state index in [4.69, 9.17) is 10.5 Å². The molecule has 0 atom stereocenters. The van der Waals surface area contributed by atoms with Crippen LogP contribution in [0.1, 0.15) is 21.7 Å². The summed E-state index contributed by atoms with van der Waals surface area (Å²) in [7, 11) is 0. The fourth-order valence-corrected chi connectivity index (χ4v) is 2.67. The van der Waals surface area contributed by atoms with Crippen LogP contribution in [0.25, 0.3) is 0 Å². The summed E-state index contributed by atoms with van der Waals surface area (Å²) in [5, 5.41) is 3.06. The summed E-state index contributed by atoms with van der Waals surface area (Å²) in [4.78, 5) is 25.6. The van der Waals surface area contributed by atoms with Crippen molar-refractivity contribution in [2.75, 3.05) is 17.3 Å². The maximum Gasteiger partial charge on any atom is 0.338 e. The quantitative estimate of drug-likeness (QED) is 0.493. The third-order valence-corrected chi connectivity index (χ3v) is 4.41. The van der Waals surface area contributed by atoms with E-state index >= 15 is 0 Å². The second kappa shape index (κ2) is 8.50. The van der Waals surface area contributed by atoms with Crippen molar-refractivity contribution in [1.29, 1.82) is 0 Å². The molecule has 0 aliphatic rings. The van der Waals surface area contributed by atoms with Gasteiger partial charge in [0, 0.05) is 10.6 Å². The van der Waals surface area contributed by atoms with Crippen molar-refractivity contribution in [3.05, 3.63) is 65.5 Å². The van der Waals surface area contributed by atoms with Crippen LogP contribution in [-0.4, -0.2) is 27.2 Å². The van der Waals surface area contributed by atoms with Gasteiger partial charge in [-0.3, -0.25) is 0 Å². The van der Waals surface area contributed by atoms with E-state index in [1.807, 2.05) is 49.6 Å². The molecule has 138 valence electrons. The van der Waals surface area contributed by atoms with Crippen LogP contribution in [-0.2, 0) is 11.3 Å². The number of hydrogen-bond donors (Lipinski definition) is 2. The molecule has 0 saturated heterocycles. The predicted octanol–water partition coefficient (Wildman–Crippen LogP) is 3.58. The number of nitrogens with zero attached hydrogens (tertiary/aromatic N) is 3. The number of aromatic nitrogens is 3.